The van der Waals surface area contributed by atoms with Crippen LogP contribution in [0, 0.1) is 0 Å². The van der Waals surface area contributed by atoms with Crippen LogP contribution < -0.4 is 10.6 Å². The topological polar surface area (TPSA) is 87.1 Å². The molecule has 0 aliphatic rings. The lowest BCUT2D eigenvalue weighted by Gasteiger charge is -2.05. The predicted molar refractivity (Wildman–Crippen MR) is 48.1 cm³/mol. The van der Waals surface area contributed by atoms with Gasteiger partial charge in [-0.25, -0.2) is 9.78 Å². The molecule has 1 heterocycles. The quantitative estimate of drug-likeness (QED) is 0.621. The lowest BCUT2D eigenvalue weighted by Crippen LogP contribution is -2.08. The van der Waals surface area contributed by atoms with Gasteiger partial charge in [0.1, 0.15) is 11.4 Å². The number of hydrogen-bond donors (Lipinski definition) is 3. The molecule has 0 radical (unpaired) electrons. The van der Waals surface area contributed by atoms with Crippen LogP contribution >= 0.6 is 0 Å². The molecule has 0 aliphatic carbocycles. The molecular weight excluding hydrogens is 172 g/mol. The summed E-state index contributed by atoms with van der Waals surface area (Å²) in [5.74, 6) is -0.367. The van der Waals surface area contributed by atoms with E-state index in [0.717, 1.165) is 0 Å². The van der Waals surface area contributed by atoms with Gasteiger partial charge in [0.05, 0.1) is 0 Å². The molecule has 0 bridgehead atoms. The molecule has 6 nitrogen and oxygen atoms in total. The Hall–Kier alpha value is -1.85. The summed E-state index contributed by atoms with van der Waals surface area (Å²) >= 11 is 0. The lowest BCUT2D eigenvalue weighted by atomic mass is 10.3. The summed E-state index contributed by atoms with van der Waals surface area (Å²) in [5.41, 5.74) is 0.0569. The standard InChI is InChI=1S/C7H10N4O2/c1-8-5-4(6(12)13)3-10-7(9-2)11-5/h3H,1-2H3,(H,12,13)(H2,8,9,10,11). The predicted octanol–water partition coefficient (Wildman–Crippen LogP) is 0.258. The smallest absolute Gasteiger partial charge is 0.341 e. The molecule has 1 aromatic rings. The summed E-state index contributed by atoms with van der Waals surface area (Å²) in [6.45, 7) is 0. The van der Waals surface area contributed by atoms with Crippen molar-refractivity contribution >= 4 is 17.7 Å². The van der Waals surface area contributed by atoms with Gasteiger partial charge in [-0.2, -0.15) is 4.98 Å². The Morgan fingerprint density at radius 1 is 1.46 bits per heavy atom. The summed E-state index contributed by atoms with van der Waals surface area (Å²) in [6.07, 6.45) is 1.26. The number of carboxylic acids is 1. The zero-order chi connectivity index (χ0) is 9.84. The second-order valence-electron chi connectivity index (χ2n) is 2.26. The molecule has 0 aliphatic heterocycles. The van der Waals surface area contributed by atoms with Gasteiger partial charge < -0.3 is 15.7 Å². The van der Waals surface area contributed by atoms with Gasteiger partial charge in [0.15, 0.2) is 0 Å². The average Bonchev–Trinajstić information content (AvgIpc) is 2.16. The SMILES string of the molecule is CNc1ncc(C(=O)O)c(NC)n1. The van der Waals surface area contributed by atoms with Gasteiger partial charge in [0.25, 0.3) is 0 Å². The van der Waals surface area contributed by atoms with E-state index in [1.54, 1.807) is 14.1 Å². The zero-order valence-corrected chi connectivity index (χ0v) is 7.33. The van der Waals surface area contributed by atoms with Crippen LogP contribution in [-0.4, -0.2) is 35.1 Å². The van der Waals surface area contributed by atoms with Crippen molar-refractivity contribution in [2.75, 3.05) is 24.7 Å². The Morgan fingerprint density at radius 2 is 2.15 bits per heavy atom. The molecular formula is C7H10N4O2. The maximum absolute atomic E-state index is 10.6. The maximum atomic E-state index is 10.6. The van der Waals surface area contributed by atoms with Crippen LogP contribution in [0.25, 0.3) is 0 Å². The van der Waals surface area contributed by atoms with Crippen molar-refractivity contribution in [3.8, 4) is 0 Å². The highest BCUT2D eigenvalue weighted by molar-refractivity contribution is 5.92. The largest absolute Gasteiger partial charge is 0.477 e. The monoisotopic (exact) mass is 182 g/mol. The Morgan fingerprint density at radius 3 is 2.62 bits per heavy atom. The van der Waals surface area contributed by atoms with Crippen LogP contribution in [0.1, 0.15) is 10.4 Å². The molecule has 0 saturated carbocycles. The number of carboxylic acid groups (broad SMARTS) is 1. The molecule has 0 atom stereocenters. The normalized spacial score (nSPS) is 9.38. The summed E-state index contributed by atoms with van der Waals surface area (Å²) < 4.78 is 0. The van der Waals surface area contributed by atoms with Crippen molar-refractivity contribution in [2.24, 2.45) is 0 Å². The third-order valence-corrected chi connectivity index (χ3v) is 1.48. The van der Waals surface area contributed by atoms with E-state index in [9.17, 15) is 4.79 Å². The third-order valence-electron chi connectivity index (χ3n) is 1.48. The number of nitrogens with zero attached hydrogens (tertiary/aromatic N) is 2. The fourth-order valence-corrected chi connectivity index (χ4v) is 0.849. The fraction of sp³-hybridized carbons (Fsp3) is 0.286. The van der Waals surface area contributed by atoms with E-state index in [2.05, 4.69) is 20.6 Å². The van der Waals surface area contributed by atoms with Crippen molar-refractivity contribution in [1.29, 1.82) is 0 Å². The minimum atomic E-state index is -1.05. The highest BCUT2D eigenvalue weighted by Crippen LogP contribution is 2.12. The van der Waals surface area contributed by atoms with Gasteiger partial charge in [-0.15, -0.1) is 0 Å². The highest BCUT2D eigenvalue weighted by Gasteiger charge is 2.11. The summed E-state index contributed by atoms with van der Waals surface area (Å²) in [4.78, 5) is 18.3. The second kappa shape index (κ2) is 3.70. The number of anilines is 2. The Bertz CT molecular complexity index is 326. The molecule has 70 valence electrons. The van der Waals surface area contributed by atoms with E-state index in [1.165, 1.54) is 6.20 Å². The van der Waals surface area contributed by atoms with Crippen molar-refractivity contribution < 1.29 is 9.90 Å². The number of carbonyl (C=O) groups is 1. The molecule has 1 rings (SSSR count). The van der Waals surface area contributed by atoms with E-state index in [0.29, 0.717) is 11.8 Å². The molecule has 0 unspecified atom stereocenters. The van der Waals surface area contributed by atoms with Crippen LogP contribution in [0.4, 0.5) is 11.8 Å². The lowest BCUT2D eigenvalue weighted by molar-refractivity contribution is 0.0697. The Labute approximate surface area is 75.0 Å². The third kappa shape index (κ3) is 1.84. The molecule has 0 amide bonds. The molecule has 1 aromatic heterocycles. The highest BCUT2D eigenvalue weighted by atomic mass is 16.4. The van der Waals surface area contributed by atoms with Crippen molar-refractivity contribution in [2.45, 2.75) is 0 Å². The average molecular weight is 182 g/mol. The van der Waals surface area contributed by atoms with Gasteiger partial charge in [-0.3, -0.25) is 0 Å². The van der Waals surface area contributed by atoms with Crippen LogP contribution in [0.2, 0.25) is 0 Å². The second-order valence-corrected chi connectivity index (χ2v) is 2.26. The van der Waals surface area contributed by atoms with Gasteiger partial charge in [-0.05, 0) is 0 Å². The first-order valence-electron chi connectivity index (χ1n) is 3.65. The summed E-state index contributed by atoms with van der Waals surface area (Å²) in [7, 11) is 3.27. The fourth-order valence-electron chi connectivity index (χ4n) is 0.849. The molecule has 6 heteroatoms. The zero-order valence-electron chi connectivity index (χ0n) is 7.33. The van der Waals surface area contributed by atoms with Gasteiger partial charge >= 0.3 is 5.97 Å². The van der Waals surface area contributed by atoms with Crippen molar-refractivity contribution in [3.63, 3.8) is 0 Å². The van der Waals surface area contributed by atoms with E-state index in [1.807, 2.05) is 0 Å². The summed E-state index contributed by atoms with van der Waals surface area (Å²) in [5, 5.41) is 14.1. The van der Waals surface area contributed by atoms with Gasteiger partial charge in [0.2, 0.25) is 5.95 Å². The first-order chi connectivity index (χ1) is 6.19. The molecule has 13 heavy (non-hydrogen) atoms. The molecule has 0 fully saturated rings. The van der Waals surface area contributed by atoms with Crippen molar-refractivity contribution in [1.82, 2.24) is 9.97 Å². The van der Waals surface area contributed by atoms with Gasteiger partial charge in [-0.1, -0.05) is 0 Å². The number of aromatic nitrogens is 2. The van der Waals surface area contributed by atoms with Crippen LogP contribution in [0.15, 0.2) is 6.20 Å². The minimum absolute atomic E-state index is 0.0569. The minimum Gasteiger partial charge on any atom is -0.477 e. The number of aromatic carboxylic acids is 1. The molecule has 3 N–H and O–H groups in total. The van der Waals surface area contributed by atoms with Crippen LogP contribution in [0.3, 0.4) is 0 Å². The van der Waals surface area contributed by atoms with Crippen LogP contribution in [-0.2, 0) is 0 Å². The molecule has 0 saturated heterocycles. The van der Waals surface area contributed by atoms with E-state index >= 15 is 0 Å². The first-order valence-corrected chi connectivity index (χ1v) is 3.65. The summed E-state index contributed by atoms with van der Waals surface area (Å²) in [6, 6.07) is 0. The maximum Gasteiger partial charge on any atom is 0.341 e. The number of rotatable bonds is 3. The van der Waals surface area contributed by atoms with Crippen molar-refractivity contribution in [3.05, 3.63) is 11.8 Å². The van der Waals surface area contributed by atoms with Crippen LogP contribution in [0.5, 0.6) is 0 Å². The first kappa shape index (κ1) is 9.24. The number of nitrogens with one attached hydrogen (secondary N) is 2. The Balaban J connectivity index is 3.15. The molecule has 0 spiro atoms. The van der Waals surface area contributed by atoms with E-state index in [-0.39, 0.29) is 5.56 Å². The van der Waals surface area contributed by atoms with E-state index < -0.39 is 5.97 Å². The van der Waals surface area contributed by atoms with Gasteiger partial charge in [0, 0.05) is 20.3 Å². The molecule has 0 aromatic carbocycles. The Kier molecular flexibility index (Phi) is 2.63. The van der Waals surface area contributed by atoms with E-state index in [4.69, 9.17) is 5.11 Å². The number of hydrogen-bond acceptors (Lipinski definition) is 5.